The lowest BCUT2D eigenvalue weighted by molar-refractivity contribution is -0.0630. The van der Waals surface area contributed by atoms with Crippen LogP contribution in [0.2, 0.25) is 0 Å². The number of likely N-dealkylation sites (tertiary alicyclic amines) is 2. The topological polar surface area (TPSA) is 88.9 Å². The minimum absolute atomic E-state index is 0.0154. The van der Waals surface area contributed by atoms with E-state index in [9.17, 15) is 9.59 Å². The lowest BCUT2D eigenvalue weighted by Gasteiger charge is -2.46. The Bertz CT molecular complexity index is 1380. The number of alkyl halides is 1. The molecule has 3 fully saturated rings. The molecule has 3 atom stereocenters. The molecular formula is C32H44FN5O4. The fourth-order valence-electron chi connectivity index (χ4n) is 6.66. The molecular weight excluding hydrogens is 537 g/mol. The molecule has 4 heterocycles. The number of piperidine rings is 2. The molecule has 9 nitrogen and oxygen atoms in total. The zero-order chi connectivity index (χ0) is 30.0. The first-order chi connectivity index (χ1) is 19.8. The molecule has 0 radical (unpaired) electrons. The average Bonchev–Trinajstić information content (AvgIpc) is 3.62. The number of rotatable bonds is 3. The van der Waals surface area contributed by atoms with Gasteiger partial charge in [-0.2, -0.15) is 5.10 Å². The van der Waals surface area contributed by atoms with Gasteiger partial charge in [-0.15, -0.1) is 0 Å². The standard InChI is InChI=1S/C32H44FN5O4/c1-20-7-10-23-25(15-20)41-32(12-14-36(19-26(32)33)28(39)34-17-21-8-9-21)24-18-38(35-27(23)24)22-11-13-37(31(5,6)16-22)29(40)42-30(2,3)4/h7,10,15,18,21-22,26H,8-9,11-14,16-17,19H2,1-6H3,(H,34,39)/t22-,26+,32-/m1/s1. The molecule has 3 amide bonds. The van der Waals surface area contributed by atoms with Gasteiger partial charge in [0.2, 0.25) is 0 Å². The van der Waals surface area contributed by atoms with Crippen molar-refractivity contribution in [3.05, 3.63) is 35.5 Å². The number of hydrogen-bond acceptors (Lipinski definition) is 5. The predicted molar refractivity (Wildman–Crippen MR) is 157 cm³/mol. The fraction of sp³-hybridized carbons (Fsp3) is 0.656. The van der Waals surface area contributed by atoms with E-state index in [4.69, 9.17) is 14.6 Å². The van der Waals surface area contributed by atoms with Crippen molar-refractivity contribution in [1.29, 1.82) is 0 Å². The normalized spacial score (nSPS) is 26.7. The zero-order valence-corrected chi connectivity index (χ0v) is 25.7. The number of fused-ring (bicyclic) bond motifs is 4. The maximum atomic E-state index is 16.4. The molecule has 228 valence electrons. The SMILES string of the molecule is Cc1ccc2c(c1)O[C@]1(CCN(C(=O)NCC3CC3)C[C@@H]1F)c1cn([C@@H]3CCN(C(=O)OC(C)(C)C)C(C)(C)C3)nc1-2. The largest absolute Gasteiger partial charge is 0.478 e. The molecule has 1 aromatic carbocycles. The summed E-state index contributed by atoms with van der Waals surface area (Å²) >= 11 is 0. The molecule has 0 bridgehead atoms. The van der Waals surface area contributed by atoms with Gasteiger partial charge >= 0.3 is 12.1 Å². The third kappa shape index (κ3) is 5.33. The Balaban J connectivity index is 1.28. The summed E-state index contributed by atoms with van der Waals surface area (Å²) in [5.41, 5.74) is 1.09. The molecule has 2 saturated heterocycles. The first-order valence-corrected chi connectivity index (χ1v) is 15.3. The van der Waals surface area contributed by atoms with Gasteiger partial charge < -0.3 is 24.6 Å². The van der Waals surface area contributed by atoms with Crippen LogP contribution in [-0.2, 0) is 10.3 Å². The Morgan fingerprint density at radius 1 is 1.19 bits per heavy atom. The number of halogens is 1. The molecule has 1 spiro atoms. The van der Waals surface area contributed by atoms with E-state index >= 15 is 4.39 Å². The van der Waals surface area contributed by atoms with Crippen molar-refractivity contribution in [1.82, 2.24) is 24.9 Å². The zero-order valence-electron chi connectivity index (χ0n) is 25.7. The summed E-state index contributed by atoms with van der Waals surface area (Å²) < 4.78 is 30.7. The fourth-order valence-corrected chi connectivity index (χ4v) is 6.66. The van der Waals surface area contributed by atoms with Crippen molar-refractivity contribution in [2.75, 3.05) is 26.2 Å². The summed E-state index contributed by atoms with van der Waals surface area (Å²) in [5.74, 6) is 1.18. The predicted octanol–water partition coefficient (Wildman–Crippen LogP) is 5.96. The summed E-state index contributed by atoms with van der Waals surface area (Å²) in [5, 5.41) is 8.05. The van der Waals surface area contributed by atoms with Crippen LogP contribution in [0.1, 0.15) is 83.9 Å². The minimum Gasteiger partial charge on any atom is -0.478 e. The van der Waals surface area contributed by atoms with Crippen LogP contribution in [0.25, 0.3) is 11.3 Å². The highest BCUT2D eigenvalue weighted by Crippen LogP contribution is 2.51. The third-order valence-corrected chi connectivity index (χ3v) is 9.18. The van der Waals surface area contributed by atoms with Gasteiger partial charge in [0.15, 0.2) is 11.8 Å². The highest BCUT2D eigenvalue weighted by Gasteiger charge is 2.53. The number of carbonyl (C=O) groups is 2. The van der Waals surface area contributed by atoms with E-state index in [1.807, 2.05) is 61.7 Å². The van der Waals surface area contributed by atoms with Crippen LogP contribution >= 0.6 is 0 Å². The van der Waals surface area contributed by atoms with Gasteiger partial charge in [-0.3, -0.25) is 4.68 Å². The smallest absolute Gasteiger partial charge is 0.410 e. The number of benzene rings is 1. The van der Waals surface area contributed by atoms with E-state index in [2.05, 4.69) is 19.2 Å². The van der Waals surface area contributed by atoms with Crippen molar-refractivity contribution in [3.63, 3.8) is 0 Å². The van der Waals surface area contributed by atoms with Gasteiger partial charge in [-0.05, 0) is 90.8 Å². The molecule has 1 aromatic heterocycles. The number of nitrogens with one attached hydrogen (secondary N) is 1. The van der Waals surface area contributed by atoms with Gasteiger partial charge in [0.1, 0.15) is 17.0 Å². The lowest BCUT2D eigenvalue weighted by Crippen LogP contribution is -2.58. The summed E-state index contributed by atoms with van der Waals surface area (Å²) in [6, 6.07) is 5.77. The second-order valence-corrected chi connectivity index (χ2v) is 14.2. The van der Waals surface area contributed by atoms with E-state index in [1.165, 1.54) is 0 Å². The molecule has 4 aliphatic rings. The van der Waals surface area contributed by atoms with Gasteiger partial charge in [-0.1, -0.05) is 6.07 Å². The second-order valence-electron chi connectivity index (χ2n) is 14.2. The number of carbonyl (C=O) groups excluding carboxylic acids is 2. The molecule has 10 heteroatoms. The maximum Gasteiger partial charge on any atom is 0.410 e. The minimum atomic E-state index is -1.42. The number of ether oxygens (including phenoxy) is 2. The van der Waals surface area contributed by atoms with E-state index < -0.39 is 22.9 Å². The molecule has 6 rings (SSSR count). The van der Waals surface area contributed by atoms with Crippen LogP contribution in [0.4, 0.5) is 14.0 Å². The number of nitrogens with zero attached hydrogens (tertiary/aromatic N) is 4. The van der Waals surface area contributed by atoms with Crippen molar-refractivity contribution in [3.8, 4) is 17.0 Å². The van der Waals surface area contributed by atoms with Gasteiger partial charge in [0.25, 0.3) is 0 Å². The lowest BCUT2D eigenvalue weighted by atomic mass is 9.79. The van der Waals surface area contributed by atoms with Crippen molar-refractivity contribution in [2.24, 2.45) is 5.92 Å². The second kappa shape index (κ2) is 10.2. The third-order valence-electron chi connectivity index (χ3n) is 9.18. The van der Waals surface area contributed by atoms with Crippen molar-refractivity contribution in [2.45, 2.75) is 103 Å². The Labute approximate surface area is 247 Å². The molecule has 1 saturated carbocycles. The van der Waals surface area contributed by atoms with Crippen LogP contribution in [0.15, 0.2) is 24.4 Å². The Hall–Kier alpha value is -3.30. The van der Waals surface area contributed by atoms with Crippen molar-refractivity contribution < 1.29 is 23.5 Å². The molecule has 0 unspecified atom stereocenters. The molecule has 3 aliphatic heterocycles. The highest BCUT2D eigenvalue weighted by atomic mass is 19.1. The summed E-state index contributed by atoms with van der Waals surface area (Å²) in [4.78, 5) is 29.2. The molecule has 1 N–H and O–H groups in total. The van der Waals surface area contributed by atoms with E-state index in [0.29, 0.717) is 50.6 Å². The number of urea groups is 1. The Morgan fingerprint density at radius 3 is 2.62 bits per heavy atom. The number of aromatic nitrogens is 2. The Kier molecular flexibility index (Phi) is 6.97. The van der Waals surface area contributed by atoms with Crippen LogP contribution in [-0.4, -0.2) is 75.2 Å². The molecule has 42 heavy (non-hydrogen) atoms. The van der Waals surface area contributed by atoms with Crippen LogP contribution < -0.4 is 10.1 Å². The van der Waals surface area contributed by atoms with Crippen LogP contribution in [0.5, 0.6) is 5.75 Å². The van der Waals surface area contributed by atoms with E-state index in [1.54, 1.807) is 4.90 Å². The van der Waals surface area contributed by atoms with Gasteiger partial charge in [-0.25, -0.2) is 14.0 Å². The number of aryl methyl sites for hydroxylation is 1. The Morgan fingerprint density at radius 2 is 1.95 bits per heavy atom. The maximum absolute atomic E-state index is 16.4. The molecule has 1 aliphatic carbocycles. The number of amides is 3. The van der Waals surface area contributed by atoms with E-state index in [-0.39, 0.29) is 24.7 Å². The van der Waals surface area contributed by atoms with Gasteiger partial charge in [0.05, 0.1) is 12.6 Å². The summed E-state index contributed by atoms with van der Waals surface area (Å²) in [6.07, 6.45) is 4.22. The van der Waals surface area contributed by atoms with Crippen molar-refractivity contribution >= 4 is 12.1 Å². The quantitative estimate of drug-likeness (QED) is 0.483. The van der Waals surface area contributed by atoms with Crippen LogP contribution in [0, 0.1) is 12.8 Å². The van der Waals surface area contributed by atoms with E-state index in [0.717, 1.165) is 35.2 Å². The molecule has 2 aromatic rings. The van der Waals surface area contributed by atoms with Gasteiger partial charge in [0, 0.05) is 48.9 Å². The monoisotopic (exact) mass is 581 g/mol. The summed E-state index contributed by atoms with van der Waals surface area (Å²) in [7, 11) is 0. The van der Waals surface area contributed by atoms with Crippen LogP contribution in [0.3, 0.4) is 0 Å². The highest BCUT2D eigenvalue weighted by molar-refractivity contribution is 5.76. The first kappa shape index (κ1) is 28.8. The average molecular weight is 582 g/mol. The number of hydrogen-bond donors (Lipinski definition) is 1. The summed E-state index contributed by atoms with van der Waals surface area (Å²) in [6.45, 7) is 13.3. The first-order valence-electron chi connectivity index (χ1n) is 15.3.